The third-order valence-electron chi connectivity index (χ3n) is 5.01. The largest absolute Gasteiger partial charge is 0.352 e. The highest BCUT2D eigenvalue weighted by molar-refractivity contribution is 7.12. The molecule has 2 aromatic heterocycles. The number of aromatic nitrogens is 2. The molecule has 2 saturated heterocycles. The van der Waals surface area contributed by atoms with Gasteiger partial charge >= 0.3 is 0 Å². The summed E-state index contributed by atoms with van der Waals surface area (Å²) in [6.45, 7) is 4.19. The predicted molar refractivity (Wildman–Crippen MR) is 90.8 cm³/mol. The van der Waals surface area contributed by atoms with Crippen molar-refractivity contribution in [1.29, 1.82) is 0 Å². The molecular formula is C17H19FN4OS. The first-order valence-corrected chi connectivity index (χ1v) is 9.08. The Morgan fingerprint density at radius 3 is 2.96 bits per heavy atom. The number of anilines is 1. The molecule has 2 aliphatic rings. The molecule has 2 aliphatic heterocycles. The van der Waals surface area contributed by atoms with Gasteiger partial charge in [-0.25, -0.2) is 14.4 Å². The summed E-state index contributed by atoms with van der Waals surface area (Å²) in [6, 6.07) is 2.08. The number of rotatable bonds is 2. The number of likely N-dealkylation sites (tertiary alicyclic amines) is 1. The quantitative estimate of drug-likeness (QED) is 0.839. The van der Waals surface area contributed by atoms with Crippen molar-refractivity contribution in [3.8, 4) is 0 Å². The second-order valence-electron chi connectivity index (χ2n) is 6.53. The van der Waals surface area contributed by atoms with Gasteiger partial charge in [-0.1, -0.05) is 0 Å². The molecule has 2 unspecified atom stereocenters. The van der Waals surface area contributed by atoms with Gasteiger partial charge in [-0.15, -0.1) is 11.3 Å². The fourth-order valence-electron chi connectivity index (χ4n) is 3.81. The maximum atomic E-state index is 14.0. The van der Waals surface area contributed by atoms with E-state index in [-0.39, 0.29) is 11.9 Å². The van der Waals surface area contributed by atoms with Crippen LogP contribution in [-0.2, 0) is 0 Å². The number of carbonyl (C=O) groups excluding carboxylic acids is 1. The second kappa shape index (κ2) is 6.12. The minimum atomic E-state index is -0.402. The van der Waals surface area contributed by atoms with Crippen molar-refractivity contribution in [2.45, 2.75) is 25.8 Å². The van der Waals surface area contributed by atoms with Gasteiger partial charge in [0.25, 0.3) is 5.91 Å². The topological polar surface area (TPSA) is 49.3 Å². The van der Waals surface area contributed by atoms with E-state index in [1.807, 2.05) is 28.2 Å². The molecule has 1 amide bonds. The van der Waals surface area contributed by atoms with Gasteiger partial charge in [0.1, 0.15) is 6.33 Å². The first-order chi connectivity index (χ1) is 11.6. The lowest BCUT2D eigenvalue weighted by Crippen LogP contribution is -2.50. The fourth-order valence-corrected chi connectivity index (χ4v) is 4.66. The van der Waals surface area contributed by atoms with E-state index in [9.17, 15) is 9.18 Å². The van der Waals surface area contributed by atoms with Crippen LogP contribution in [0.4, 0.5) is 10.2 Å². The molecule has 0 spiro atoms. The summed E-state index contributed by atoms with van der Waals surface area (Å²) in [7, 11) is 0. The van der Waals surface area contributed by atoms with Crippen molar-refractivity contribution >= 4 is 23.1 Å². The van der Waals surface area contributed by atoms with Crippen molar-refractivity contribution in [2.75, 3.05) is 24.5 Å². The van der Waals surface area contributed by atoms with E-state index in [0.717, 1.165) is 36.4 Å². The Labute approximate surface area is 144 Å². The number of halogens is 1. The number of fused-ring (bicyclic) bond motifs is 1. The van der Waals surface area contributed by atoms with Crippen LogP contribution < -0.4 is 4.90 Å². The Bertz CT molecular complexity index is 765. The van der Waals surface area contributed by atoms with Crippen molar-refractivity contribution in [1.82, 2.24) is 14.9 Å². The molecule has 2 aromatic rings. The molecule has 0 aromatic carbocycles. The third-order valence-corrected chi connectivity index (χ3v) is 6.05. The van der Waals surface area contributed by atoms with Crippen LogP contribution in [0.15, 0.2) is 24.0 Å². The molecule has 0 saturated carbocycles. The molecule has 5 nitrogen and oxygen atoms in total. The van der Waals surface area contributed by atoms with E-state index in [1.54, 1.807) is 0 Å². The smallest absolute Gasteiger partial charge is 0.264 e. The van der Waals surface area contributed by atoms with Crippen LogP contribution in [0.25, 0.3) is 0 Å². The van der Waals surface area contributed by atoms with Crippen molar-refractivity contribution in [2.24, 2.45) is 5.92 Å². The SMILES string of the molecule is Cc1csc(C(=O)N2CCC3CCN(c4ncncc4F)CC32)c1. The molecule has 4 heterocycles. The van der Waals surface area contributed by atoms with E-state index >= 15 is 0 Å². The molecule has 0 radical (unpaired) electrons. The van der Waals surface area contributed by atoms with Gasteiger partial charge < -0.3 is 9.80 Å². The average molecular weight is 346 g/mol. The first kappa shape index (κ1) is 15.5. The molecule has 2 atom stereocenters. The van der Waals surface area contributed by atoms with Crippen LogP contribution in [0.1, 0.15) is 28.1 Å². The maximum Gasteiger partial charge on any atom is 0.264 e. The van der Waals surface area contributed by atoms with Crippen LogP contribution in [0.3, 0.4) is 0 Å². The summed E-state index contributed by atoms with van der Waals surface area (Å²) in [5.41, 5.74) is 1.12. The number of amides is 1. The summed E-state index contributed by atoms with van der Waals surface area (Å²) >= 11 is 1.50. The summed E-state index contributed by atoms with van der Waals surface area (Å²) in [6.07, 6.45) is 4.55. The average Bonchev–Trinajstić information content (AvgIpc) is 3.20. The lowest BCUT2D eigenvalue weighted by molar-refractivity contribution is 0.0717. The fraction of sp³-hybridized carbons (Fsp3) is 0.471. The zero-order chi connectivity index (χ0) is 16.7. The Balaban J connectivity index is 1.55. The standard InChI is InChI=1S/C17H19FN4OS/c1-11-6-15(24-9-11)17(23)22-5-3-12-2-4-21(8-14(12)22)16-13(18)7-19-10-20-16/h6-7,9-10,12,14H,2-5,8H2,1H3. The monoisotopic (exact) mass is 346 g/mol. The van der Waals surface area contributed by atoms with Crippen LogP contribution in [-0.4, -0.2) is 46.5 Å². The maximum absolute atomic E-state index is 14.0. The molecule has 126 valence electrons. The minimum absolute atomic E-state index is 0.102. The second-order valence-corrected chi connectivity index (χ2v) is 7.44. The highest BCUT2D eigenvalue weighted by Gasteiger charge is 2.41. The van der Waals surface area contributed by atoms with Gasteiger partial charge in [0, 0.05) is 19.6 Å². The molecule has 4 rings (SSSR count). The summed E-state index contributed by atoms with van der Waals surface area (Å²) in [5.74, 6) is 0.539. The van der Waals surface area contributed by atoms with E-state index in [2.05, 4.69) is 9.97 Å². The van der Waals surface area contributed by atoms with Crippen LogP contribution in [0.2, 0.25) is 0 Å². The number of piperidine rings is 1. The van der Waals surface area contributed by atoms with Gasteiger partial charge in [-0.2, -0.15) is 0 Å². The van der Waals surface area contributed by atoms with E-state index in [4.69, 9.17) is 0 Å². The van der Waals surface area contributed by atoms with E-state index in [0.29, 0.717) is 18.3 Å². The molecule has 24 heavy (non-hydrogen) atoms. The molecule has 0 N–H and O–H groups in total. The number of hydrogen-bond donors (Lipinski definition) is 0. The third kappa shape index (κ3) is 2.66. The Morgan fingerprint density at radius 1 is 1.38 bits per heavy atom. The lowest BCUT2D eigenvalue weighted by Gasteiger charge is -2.38. The summed E-state index contributed by atoms with van der Waals surface area (Å²) < 4.78 is 14.0. The summed E-state index contributed by atoms with van der Waals surface area (Å²) in [4.78, 5) is 25.4. The number of hydrogen-bond acceptors (Lipinski definition) is 5. The van der Waals surface area contributed by atoms with E-state index in [1.165, 1.54) is 23.9 Å². The van der Waals surface area contributed by atoms with Crippen molar-refractivity contribution < 1.29 is 9.18 Å². The van der Waals surface area contributed by atoms with Gasteiger partial charge in [0.15, 0.2) is 11.6 Å². The molecule has 0 aliphatic carbocycles. The van der Waals surface area contributed by atoms with E-state index < -0.39 is 5.82 Å². The van der Waals surface area contributed by atoms with Crippen LogP contribution >= 0.6 is 11.3 Å². The lowest BCUT2D eigenvalue weighted by atomic mass is 9.92. The molecule has 2 fully saturated rings. The highest BCUT2D eigenvalue weighted by Crippen LogP contribution is 2.35. The zero-order valence-corrected chi connectivity index (χ0v) is 14.3. The highest BCUT2D eigenvalue weighted by atomic mass is 32.1. The first-order valence-electron chi connectivity index (χ1n) is 8.20. The number of carbonyl (C=O) groups is 1. The number of aryl methyl sites for hydroxylation is 1. The Morgan fingerprint density at radius 2 is 2.21 bits per heavy atom. The Hall–Kier alpha value is -2.02. The summed E-state index contributed by atoms with van der Waals surface area (Å²) in [5, 5.41) is 2.00. The number of thiophene rings is 1. The van der Waals surface area contributed by atoms with Crippen molar-refractivity contribution in [3.05, 3.63) is 40.2 Å². The predicted octanol–water partition coefficient (Wildman–Crippen LogP) is 2.73. The zero-order valence-electron chi connectivity index (χ0n) is 13.5. The van der Waals surface area contributed by atoms with Gasteiger partial charge in [-0.3, -0.25) is 4.79 Å². The van der Waals surface area contributed by atoms with Crippen LogP contribution in [0.5, 0.6) is 0 Å². The van der Waals surface area contributed by atoms with Gasteiger partial charge in [0.2, 0.25) is 0 Å². The molecule has 0 bridgehead atoms. The molecular weight excluding hydrogens is 327 g/mol. The van der Waals surface area contributed by atoms with Gasteiger partial charge in [-0.05, 0) is 42.7 Å². The normalized spacial score (nSPS) is 23.4. The van der Waals surface area contributed by atoms with Crippen LogP contribution in [0, 0.1) is 18.7 Å². The van der Waals surface area contributed by atoms with Gasteiger partial charge in [0.05, 0.1) is 17.1 Å². The number of nitrogens with zero attached hydrogens (tertiary/aromatic N) is 4. The van der Waals surface area contributed by atoms with Crippen molar-refractivity contribution in [3.63, 3.8) is 0 Å². The molecule has 7 heteroatoms. The Kier molecular flexibility index (Phi) is 3.96. The minimum Gasteiger partial charge on any atom is -0.352 e.